The lowest BCUT2D eigenvalue weighted by Gasteiger charge is -2.07. The largest absolute Gasteiger partial charge is 0.497 e. The number of carbonyl (C=O) groups excluding carboxylic acids is 1. The van der Waals surface area contributed by atoms with Gasteiger partial charge in [-0.15, -0.1) is 0 Å². The van der Waals surface area contributed by atoms with Crippen LogP contribution in [0.3, 0.4) is 0 Å². The molecule has 0 spiro atoms. The van der Waals surface area contributed by atoms with E-state index in [1.807, 2.05) is 12.1 Å². The SMILES string of the molecule is COc1ccc(-c2cnc(CN)c(C(N)=O)n2)cc1. The molecule has 0 radical (unpaired) electrons. The third-order valence-corrected chi connectivity index (χ3v) is 2.66. The summed E-state index contributed by atoms with van der Waals surface area (Å²) in [5.41, 5.74) is 12.6. The average Bonchev–Trinajstić information content (AvgIpc) is 2.46. The summed E-state index contributed by atoms with van der Waals surface area (Å²) in [6, 6.07) is 7.26. The molecule has 0 aliphatic rings. The van der Waals surface area contributed by atoms with Gasteiger partial charge in [-0.05, 0) is 24.3 Å². The first-order valence-corrected chi connectivity index (χ1v) is 5.66. The van der Waals surface area contributed by atoms with E-state index in [1.54, 1.807) is 25.4 Å². The van der Waals surface area contributed by atoms with Crippen LogP contribution in [-0.4, -0.2) is 23.0 Å². The number of carbonyl (C=O) groups is 1. The Morgan fingerprint density at radius 2 is 2.00 bits per heavy atom. The minimum Gasteiger partial charge on any atom is -0.497 e. The smallest absolute Gasteiger partial charge is 0.269 e. The van der Waals surface area contributed by atoms with E-state index in [1.165, 1.54) is 0 Å². The molecular formula is C13H14N4O2. The van der Waals surface area contributed by atoms with Crippen LogP contribution in [0.25, 0.3) is 11.3 Å². The van der Waals surface area contributed by atoms with Crippen molar-refractivity contribution in [3.8, 4) is 17.0 Å². The first kappa shape index (κ1) is 13.0. The summed E-state index contributed by atoms with van der Waals surface area (Å²) >= 11 is 0. The molecule has 0 aliphatic heterocycles. The summed E-state index contributed by atoms with van der Waals surface area (Å²) in [5.74, 6) is 0.105. The summed E-state index contributed by atoms with van der Waals surface area (Å²) in [5, 5.41) is 0. The molecule has 1 amide bonds. The molecule has 2 rings (SSSR count). The van der Waals surface area contributed by atoms with Gasteiger partial charge < -0.3 is 16.2 Å². The Kier molecular flexibility index (Phi) is 3.72. The fourth-order valence-corrected chi connectivity index (χ4v) is 1.66. The van der Waals surface area contributed by atoms with Crippen LogP contribution in [0.15, 0.2) is 30.5 Å². The molecule has 4 N–H and O–H groups in total. The van der Waals surface area contributed by atoms with Gasteiger partial charge in [0.1, 0.15) is 5.75 Å². The molecule has 1 aromatic carbocycles. The minimum absolute atomic E-state index is 0.107. The van der Waals surface area contributed by atoms with E-state index in [0.29, 0.717) is 11.4 Å². The number of primary amides is 1. The van der Waals surface area contributed by atoms with E-state index in [4.69, 9.17) is 16.2 Å². The maximum atomic E-state index is 11.3. The molecule has 98 valence electrons. The van der Waals surface area contributed by atoms with Crippen LogP contribution in [0.1, 0.15) is 16.2 Å². The Morgan fingerprint density at radius 3 is 2.53 bits per heavy atom. The maximum Gasteiger partial charge on any atom is 0.269 e. The Bertz CT molecular complexity index is 596. The van der Waals surface area contributed by atoms with Crippen LogP contribution < -0.4 is 16.2 Å². The number of hydrogen-bond acceptors (Lipinski definition) is 5. The molecular weight excluding hydrogens is 244 g/mol. The highest BCUT2D eigenvalue weighted by atomic mass is 16.5. The molecule has 0 bridgehead atoms. The monoisotopic (exact) mass is 258 g/mol. The Hall–Kier alpha value is -2.47. The van der Waals surface area contributed by atoms with E-state index in [0.717, 1.165) is 11.3 Å². The third-order valence-electron chi connectivity index (χ3n) is 2.66. The first-order valence-electron chi connectivity index (χ1n) is 5.66. The van der Waals surface area contributed by atoms with Crippen molar-refractivity contribution < 1.29 is 9.53 Å². The number of methoxy groups -OCH3 is 1. The number of rotatable bonds is 4. The summed E-state index contributed by atoms with van der Waals surface area (Å²) in [7, 11) is 1.59. The molecule has 0 atom stereocenters. The van der Waals surface area contributed by atoms with E-state index in [2.05, 4.69) is 9.97 Å². The zero-order chi connectivity index (χ0) is 13.8. The lowest BCUT2D eigenvalue weighted by molar-refractivity contribution is 0.0994. The zero-order valence-corrected chi connectivity index (χ0v) is 10.5. The quantitative estimate of drug-likeness (QED) is 0.840. The Labute approximate surface area is 110 Å². The molecule has 0 aliphatic carbocycles. The molecule has 1 heterocycles. The second kappa shape index (κ2) is 5.45. The lowest BCUT2D eigenvalue weighted by atomic mass is 10.1. The van der Waals surface area contributed by atoms with Crippen molar-refractivity contribution in [2.45, 2.75) is 6.54 Å². The molecule has 6 heteroatoms. The van der Waals surface area contributed by atoms with Crippen molar-refractivity contribution >= 4 is 5.91 Å². The van der Waals surface area contributed by atoms with Gasteiger partial charge in [0.15, 0.2) is 5.69 Å². The van der Waals surface area contributed by atoms with Gasteiger partial charge in [0, 0.05) is 12.1 Å². The van der Waals surface area contributed by atoms with Crippen LogP contribution in [0, 0.1) is 0 Å². The predicted octanol–water partition coefficient (Wildman–Crippen LogP) is 0.710. The van der Waals surface area contributed by atoms with Gasteiger partial charge in [-0.3, -0.25) is 9.78 Å². The number of ether oxygens (including phenoxy) is 1. The average molecular weight is 258 g/mol. The van der Waals surface area contributed by atoms with Crippen molar-refractivity contribution in [1.29, 1.82) is 0 Å². The number of amides is 1. The maximum absolute atomic E-state index is 11.3. The topological polar surface area (TPSA) is 104 Å². The molecule has 6 nitrogen and oxygen atoms in total. The van der Waals surface area contributed by atoms with Crippen molar-refractivity contribution in [3.63, 3.8) is 0 Å². The highest BCUT2D eigenvalue weighted by molar-refractivity contribution is 5.92. The molecule has 2 aromatic rings. The second-order valence-electron chi connectivity index (χ2n) is 3.85. The van der Waals surface area contributed by atoms with Crippen LogP contribution in [-0.2, 0) is 6.54 Å². The number of nitrogens with zero attached hydrogens (tertiary/aromatic N) is 2. The van der Waals surface area contributed by atoms with Crippen LogP contribution >= 0.6 is 0 Å². The van der Waals surface area contributed by atoms with Gasteiger partial charge in [0.2, 0.25) is 0 Å². The molecule has 0 unspecified atom stereocenters. The van der Waals surface area contributed by atoms with E-state index in [9.17, 15) is 4.79 Å². The molecule has 0 fully saturated rings. The van der Waals surface area contributed by atoms with Crippen molar-refractivity contribution in [1.82, 2.24) is 9.97 Å². The highest BCUT2D eigenvalue weighted by Gasteiger charge is 2.12. The van der Waals surface area contributed by atoms with Gasteiger partial charge in [-0.2, -0.15) is 0 Å². The molecule has 1 aromatic heterocycles. The summed E-state index contributed by atoms with van der Waals surface area (Å²) in [4.78, 5) is 19.6. The number of aromatic nitrogens is 2. The minimum atomic E-state index is -0.636. The summed E-state index contributed by atoms with van der Waals surface area (Å²) in [6.45, 7) is 0.119. The van der Waals surface area contributed by atoms with Gasteiger partial charge in [0.25, 0.3) is 5.91 Å². The summed E-state index contributed by atoms with van der Waals surface area (Å²) in [6.07, 6.45) is 1.57. The molecule has 19 heavy (non-hydrogen) atoms. The van der Waals surface area contributed by atoms with Crippen LogP contribution in [0.4, 0.5) is 0 Å². The van der Waals surface area contributed by atoms with Gasteiger partial charge in [-0.1, -0.05) is 0 Å². The lowest BCUT2D eigenvalue weighted by Crippen LogP contribution is -2.19. The van der Waals surface area contributed by atoms with Gasteiger partial charge in [0.05, 0.1) is 24.7 Å². The summed E-state index contributed by atoms with van der Waals surface area (Å²) < 4.78 is 5.08. The second-order valence-corrected chi connectivity index (χ2v) is 3.85. The van der Waals surface area contributed by atoms with Gasteiger partial charge >= 0.3 is 0 Å². The fraction of sp³-hybridized carbons (Fsp3) is 0.154. The van der Waals surface area contributed by atoms with E-state index >= 15 is 0 Å². The van der Waals surface area contributed by atoms with Crippen molar-refractivity contribution in [2.75, 3.05) is 7.11 Å². The molecule has 0 saturated carbocycles. The third kappa shape index (κ3) is 2.69. The first-order chi connectivity index (χ1) is 9.15. The Balaban J connectivity index is 2.44. The number of nitrogens with two attached hydrogens (primary N) is 2. The van der Waals surface area contributed by atoms with Crippen molar-refractivity contribution in [2.24, 2.45) is 11.5 Å². The van der Waals surface area contributed by atoms with E-state index in [-0.39, 0.29) is 12.2 Å². The van der Waals surface area contributed by atoms with E-state index < -0.39 is 5.91 Å². The fourth-order valence-electron chi connectivity index (χ4n) is 1.66. The number of hydrogen-bond donors (Lipinski definition) is 2. The number of benzene rings is 1. The normalized spacial score (nSPS) is 10.2. The predicted molar refractivity (Wildman–Crippen MR) is 70.4 cm³/mol. The zero-order valence-electron chi connectivity index (χ0n) is 10.5. The van der Waals surface area contributed by atoms with Gasteiger partial charge in [-0.25, -0.2) is 4.98 Å². The van der Waals surface area contributed by atoms with Crippen LogP contribution in [0.5, 0.6) is 5.75 Å². The highest BCUT2D eigenvalue weighted by Crippen LogP contribution is 2.20. The van der Waals surface area contributed by atoms with Crippen LogP contribution in [0.2, 0.25) is 0 Å². The Morgan fingerprint density at radius 1 is 1.32 bits per heavy atom. The van der Waals surface area contributed by atoms with Crippen molar-refractivity contribution in [3.05, 3.63) is 41.9 Å². The molecule has 0 saturated heterocycles. The standard InChI is InChI=1S/C13H14N4O2/c1-19-9-4-2-8(3-5-9)11-7-16-10(6-14)12(17-11)13(15)18/h2-5,7H,6,14H2,1H3,(H2,15,18).